The second kappa shape index (κ2) is 4.01. The normalized spacial score (nSPS) is 12.8. The van der Waals surface area contributed by atoms with Crippen molar-refractivity contribution in [3.05, 3.63) is 34.7 Å². The first-order valence-electron chi connectivity index (χ1n) is 3.62. The van der Waals surface area contributed by atoms with Gasteiger partial charge in [-0.3, -0.25) is 4.79 Å². The molecule has 1 atom stereocenters. The second-order valence-corrected chi connectivity index (χ2v) is 2.54. The number of aliphatic hydroxyl groups is 1. The summed E-state index contributed by atoms with van der Waals surface area (Å²) in [5.41, 5.74) is -0.0963. The van der Waals surface area contributed by atoms with Gasteiger partial charge in [-0.2, -0.15) is 0 Å². The molecule has 1 unspecified atom stereocenters. The molecule has 4 heteroatoms. The molecule has 0 amide bonds. The number of hydrogen-bond acceptors (Lipinski definition) is 2. The smallest absolute Gasteiger partial charge is 0.181 e. The summed E-state index contributed by atoms with van der Waals surface area (Å²) in [5.74, 6) is 0. The molecule has 66 valence electrons. The van der Waals surface area contributed by atoms with Crippen LogP contribution in [-0.4, -0.2) is 22.5 Å². The Morgan fingerprint density at radius 2 is 2.08 bits per heavy atom. The summed E-state index contributed by atoms with van der Waals surface area (Å²) in [5, 5.41) is 8.91. The monoisotopic (exact) mass is 171 g/mol. The maximum absolute atomic E-state index is 11.8. The Kier molecular flexibility index (Phi) is 2.99. The fourth-order valence-electron chi connectivity index (χ4n) is 0.858. The summed E-state index contributed by atoms with van der Waals surface area (Å²) in [4.78, 5) is 10.6. The summed E-state index contributed by atoms with van der Waals surface area (Å²) in [6.07, 6.45) is 2.04. The van der Waals surface area contributed by atoms with Gasteiger partial charge in [0.15, 0.2) is 5.43 Å². The molecule has 0 aliphatic rings. The first kappa shape index (κ1) is 8.93. The standard InChI is InChI=1S/C8H10FNO2/c9-5-8(12)6-10-3-1-7(11)2-4-10/h1-4,8,12H,5-6H2. The van der Waals surface area contributed by atoms with Crippen LogP contribution in [-0.2, 0) is 6.54 Å². The molecule has 1 heterocycles. The second-order valence-electron chi connectivity index (χ2n) is 2.54. The van der Waals surface area contributed by atoms with Gasteiger partial charge in [0.1, 0.15) is 12.8 Å². The fraction of sp³-hybridized carbons (Fsp3) is 0.375. The van der Waals surface area contributed by atoms with Crippen LogP contribution in [0.3, 0.4) is 0 Å². The van der Waals surface area contributed by atoms with Crippen molar-refractivity contribution in [2.24, 2.45) is 0 Å². The van der Waals surface area contributed by atoms with Crippen molar-refractivity contribution in [1.29, 1.82) is 0 Å². The average molecular weight is 171 g/mol. The van der Waals surface area contributed by atoms with Gasteiger partial charge >= 0.3 is 0 Å². The van der Waals surface area contributed by atoms with E-state index in [1.54, 1.807) is 4.57 Å². The van der Waals surface area contributed by atoms with Crippen LogP contribution >= 0.6 is 0 Å². The van der Waals surface area contributed by atoms with E-state index < -0.39 is 12.8 Å². The van der Waals surface area contributed by atoms with Crippen molar-refractivity contribution in [2.45, 2.75) is 12.6 Å². The first-order valence-corrected chi connectivity index (χ1v) is 3.62. The lowest BCUT2D eigenvalue weighted by Gasteiger charge is -2.08. The summed E-state index contributed by atoms with van der Waals surface area (Å²) in [6, 6.07) is 2.73. The Morgan fingerprint density at radius 1 is 1.50 bits per heavy atom. The number of aliphatic hydroxyl groups excluding tert-OH is 1. The van der Waals surface area contributed by atoms with Crippen LogP contribution in [0, 0.1) is 0 Å². The number of alkyl halides is 1. The highest BCUT2D eigenvalue weighted by atomic mass is 19.1. The molecule has 0 spiro atoms. The zero-order chi connectivity index (χ0) is 8.97. The van der Waals surface area contributed by atoms with Crippen LogP contribution in [0.25, 0.3) is 0 Å². The van der Waals surface area contributed by atoms with Crippen LogP contribution < -0.4 is 5.43 Å². The number of rotatable bonds is 3. The minimum atomic E-state index is -0.993. The highest BCUT2D eigenvalue weighted by Crippen LogP contribution is 1.91. The summed E-state index contributed by atoms with van der Waals surface area (Å²) in [6.45, 7) is -0.594. The van der Waals surface area contributed by atoms with Gasteiger partial charge in [-0.05, 0) is 0 Å². The van der Waals surface area contributed by atoms with Gasteiger partial charge in [0.05, 0.1) is 6.54 Å². The molecule has 3 nitrogen and oxygen atoms in total. The molecule has 1 aromatic rings. The molecule has 0 saturated carbocycles. The minimum Gasteiger partial charge on any atom is -0.389 e. The topological polar surface area (TPSA) is 42.2 Å². The van der Waals surface area contributed by atoms with E-state index >= 15 is 0 Å². The van der Waals surface area contributed by atoms with Crippen molar-refractivity contribution >= 4 is 0 Å². The molecule has 12 heavy (non-hydrogen) atoms. The minimum absolute atomic E-state index is 0.0963. The van der Waals surface area contributed by atoms with Crippen molar-refractivity contribution in [2.75, 3.05) is 6.67 Å². The number of aromatic nitrogens is 1. The zero-order valence-electron chi connectivity index (χ0n) is 6.48. The zero-order valence-corrected chi connectivity index (χ0v) is 6.48. The number of hydrogen-bond donors (Lipinski definition) is 1. The summed E-state index contributed by atoms with van der Waals surface area (Å²) >= 11 is 0. The first-order chi connectivity index (χ1) is 5.72. The van der Waals surface area contributed by atoms with Gasteiger partial charge in [-0.15, -0.1) is 0 Å². The Labute approximate surface area is 69.1 Å². The van der Waals surface area contributed by atoms with Gasteiger partial charge in [0, 0.05) is 24.5 Å². The Hall–Kier alpha value is -1.16. The summed E-state index contributed by atoms with van der Waals surface area (Å²) < 4.78 is 13.4. The molecule has 1 rings (SSSR count). The number of pyridine rings is 1. The van der Waals surface area contributed by atoms with Crippen molar-refractivity contribution in [3.63, 3.8) is 0 Å². The van der Waals surface area contributed by atoms with E-state index in [0.29, 0.717) is 0 Å². The third kappa shape index (κ3) is 2.47. The van der Waals surface area contributed by atoms with E-state index in [4.69, 9.17) is 5.11 Å². The average Bonchev–Trinajstić information content (AvgIpc) is 2.09. The maximum atomic E-state index is 11.8. The van der Waals surface area contributed by atoms with Crippen molar-refractivity contribution in [1.82, 2.24) is 4.57 Å². The van der Waals surface area contributed by atoms with Gasteiger partial charge < -0.3 is 9.67 Å². The van der Waals surface area contributed by atoms with Gasteiger partial charge in [-0.25, -0.2) is 4.39 Å². The van der Waals surface area contributed by atoms with E-state index in [9.17, 15) is 9.18 Å². The highest BCUT2D eigenvalue weighted by Gasteiger charge is 2.01. The number of halogens is 1. The lowest BCUT2D eigenvalue weighted by atomic mass is 10.3. The molecule has 0 saturated heterocycles. The third-order valence-corrected chi connectivity index (χ3v) is 1.46. The van der Waals surface area contributed by atoms with Gasteiger partial charge in [-0.1, -0.05) is 0 Å². The van der Waals surface area contributed by atoms with Crippen LogP contribution in [0.1, 0.15) is 0 Å². The lowest BCUT2D eigenvalue weighted by molar-refractivity contribution is 0.122. The molecule has 0 fully saturated rings. The Balaban J connectivity index is 2.64. The predicted molar refractivity (Wildman–Crippen MR) is 42.7 cm³/mol. The summed E-state index contributed by atoms with van der Waals surface area (Å²) in [7, 11) is 0. The SMILES string of the molecule is O=c1ccn(CC(O)CF)cc1. The molecule has 1 aromatic heterocycles. The predicted octanol–water partition coefficient (Wildman–Crippen LogP) is 0.179. The Bertz CT molecular complexity index is 277. The van der Waals surface area contributed by atoms with Crippen LogP contribution in [0.15, 0.2) is 29.3 Å². The highest BCUT2D eigenvalue weighted by molar-refractivity contribution is 4.93. The molecule has 1 N–H and O–H groups in total. The van der Waals surface area contributed by atoms with E-state index in [-0.39, 0.29) is 12.0 Å². The van der Waals surface area contributed by atoms with E-state index in [0.717, 1.165) is 0 Å². The molecule has 0 aromatic carbocycles. The fourth-order valence-corrected chi connectivity index (χ4v) is 0.858. The molecule has 0 radical (unpaired) electrons. The quantitative estimate of drug-likeness (QED) is 0.704. The van der Waals surface area contributed by atoms with Gasteiger partial charge in [0.25, 0.3) is 0 Å². The maximum Gasteiger partial charge on any atom is 0.181 e. The van der Waals surface area contributed by atoms with E-state index in [2.05, 4.69) is 0 Å². The van der Waals surface area contributed by atoms with Crippen LogP contribution in [0.4, 0.5) is 4.39 Å². The van der Waals surface area contributed by atoms with Crippen LogP contribution in [0.2, 0.25) is 0 Å². The molecular formula is C8H10FNO2. The lowest BCUT2D eigenvalue weighted by Crippen LogP contribution is -2.18. The number of nitrogens with zero attached hydrogens (tertiary/aromatic N) is 1. The van der Waals surface area contributed by atoms with Crippen molar-refractivity contribution < 1.29 is 9.50 Å². The molecule has 0 aliphatic heterocycles. The molecular weight excluding hydrogens is 161 g/mol. The van der Waals surface area contributed by atoms with Gasteiger partial charge in [0.2, 0.25) is 0 Å². The van der Waals surface area contributed by atoms with Crippen LogP contribution in [0.5, 0.6) is 0 Å². The van der Waals surface area contributed by atoms with Crippen molar-refractivity contribution in [3.8, 4) is 0 Å². The molecule has 0 aliphatic carbocycles. The van der Waals surface area contributed by atoms with E-state index in [1.807, 2.05) is 0 Å². The Morgan fingerprint density at radius 3 is 2.58 bits per heavy atom. The molecule has 0 bridgehead atoms. The van der Waals surface area contributed by atoms with E-state index in [1.165, 1.54) is 24.5 Å². The third-order valence-electron chi connectivity index (χ3n) is 1.46. The largest absolute Gasteiger partial charge is 0.389 e.